The van der Waals surface area contributed by atoms with Crippen molar-refractivity contribution in [1.29, 1.82) is 0 Å². The number of unbranched alkanes of at least 4 members (excludes halogenated alkanes) is 1. The maximum absolute atomic E-state index is 12.7. The molecule has 4 rings (SSSR count). The molecule has 0 aliphatic carbocycles. The van der Waals surface area contributed by atoms with Crippen molar-refractivity contribution in [3.05, 3.63) is 94.8 Å². The molecule has 1 N–H and O–H groups in total. The van der Waals surface area contributed by atoms with Crippen molar-refractivity contribution in [3.63, 3.8) is 0 Å². The molecule has 0 radical (unpaired) electrons. The lowest BCUT2D eigenvalue weighted by atomic mass is 10.1. The average Bonchev–Trinajstić information content (AvgIpc) is 3.24. The van der Waals surface area contributed by atoms with Crippen molar-refractivity contribution in [2.24, 2.45) is 0 Å². The lowest BCUT2D eigenvalue weighted by molar-refractivity contribution is -0.121. The summed E-state index contributed by atoms with van der Waals surface area (Å²) in [5, 5.41) is 3.78. The topological polar surface area (TPSA) is 56.1 Å². The molecule has 0 spiro atoms. The number of aryl methyl sites for hydroxylation is 2. The number of benzene rings is 3. The summed E-state index contributed by atoms with van der Waals surface area (Å²) in [6, 6.07) is 23.6. The van der Waals surface area contributed by atoms with E-state index in [4.69, 9.17) is 21.3 Å². The zero-order valence-electron chi connectivity index (χ0n) is 20.3. The maximum atomic E-state index is 12.7. The van der Waals surface area contributed by atoms with E-state index in [0.717, 1.165) is 54.0 Å². The minimum absolute atomic E-state index is 0.0408. The number of halogens is 1. The van der Waals surface area contributed by atoms with Gasteiger partial charge in [-0.1, -0.05) is 54.9 Å². The highest BCUT2D eigenvalue weighted by Crippen LogP contribution is 2.22. The van der Waals surface area contributed by atoms with Crippen LogP contribution in [0.15, 0.2) is 72.8 Å². The second-order valence-corrected chi connectivity index (χ2v) is 9.19. The molecule has 1 aromatic heterocycles. The summed E-state index contributed by atoms with van der Waals surface area (Å²) in [5.41, 5.74) is 4.26. The maximum Gasteiger partial charge on any atom is 0.224 e. The molecule has 0 bridgehead atoms. The molecule has 0 aliphatic heterocycles. The zero-order valence-corrected chi connectivity index (χ0v) is 21.1. The lowest BCUT2D eigenvalue weighted by Gasteiger charge is -2.17. The Labute approximate surface area is 212 Å². The van der Waals surface area contributed by atoms with Gasteiger partial charge in [0.25, 0.3) is 0 Å². The van der Waals surface area contributed by atoms with Gasteiger partial charge in [-0.2, -0.15) is 0 Å². The summed E-state index contributed by atoms with van der Waals surface area (Å²) >= 11 is 5.95. The Hall–Kier alpha value is -3.31. The van der Waals surface area contributed by atoms with Crippen LogP contribution in [0.4, 0.5) is 0 Å². The number of amides is 1. The Bertz CT molecular complexity index is 1250. The van der Waals surface area contributed by atoms with Gasteiger partial charge in [-0.05, 0) is 73.7 Å². The smallest absolute Gasteiger partial charge is 0.224 e. The summed E-state index contributed by atoms with van der Waals surface area (Å²) in [6.45, 7) is 5.61. The Kier molecular flexibility index (Phi) is 8.43. The minimum Gasteiger partial charge on any atom is -0.494 e. The van der Waals surface area contributed by atoms with Crippen LogP contribution in [0.1, 0.15) is 49.7 Å². The number of rotatable bonds is 11. The lowest BCUT2D eigenvalue weighted by Crippen LogP contribution is -2.30. The van der Waals surface area contributed by atoms with Crippen molar-refractivity contribution in [2.75, 3.05) is 6.61 Å². The van der Waals surface area contributed by atoms with Gasteiger partial charge in [-0.15, -0.1) is 0 Å². The number of imidazole rings is 1. The molecule has 6 heteroatoms. The SMILES string of the molecule is CCc1ccc(OCCCCn2c(C(C)NC(=O)Cc3ccc(Cl)cc3)nc3ccccc32)cc1. The first-order valence-corrected chi connectivity index (χ1v) is 12.6. The Morgan fingerprint density at radius 2 is 1.71 bits per heavy atom. The first-order valence-electron chi connectivity index (χ1n) is 12.2. The molecule has 1 amide bonds. The number of hydrogen-bond donors (Lipinski definition) is 1. The Balaban J connectivity index is 1.36. The van der Waals surface area contributed by atoms with Gasteiger partial charge in [0, 0.05) is 11.6 Å². The summed E-state index contributed by atoms with van der Waals surface area (Å²) in [4.78, 5) is 17.5. The molecule has 0 saturated carbocycles. The van der Waals surface area contributed by atoms with E-state index in [1.807, 2.05) is 49.4 Å². The quantitative estimate of drug-likeness (QED) is 0.244. The number of ether oxygens (including phenoxy) is 1. The largest absolute Gasteiger partial charge is 0.494 e. The van der Waals surface area contributed by atoms with E-state index in [-0.39, 0.29) is 11.9 Å². The monoisotopic (exact) mass is 489 g/mol. The molecular weight excluding hydrogens is 458 g/mol. The predicted molar refractivity (Wildman–Crippen MR) is 142 cm³/mol. The molecule has 0 saturated heterocycles. The minimum atomic E-state index is -0.212. The van der Waals surface area contributed by atoms with E-state index in [9.17, 15) is 4.79 Å². The number of aromatic nitrogens is 2. The molecule has 182 valence electrons. The molecule has 35 heavy (non-hydrogen) atoms. The second-order valence-electron chi connectivity index (χ2n) is 8.76. The van der Waals surface area contributed by atoms with Crippen LogP contribution in [0.25, 0.3) is 11.0 Å². The first-order chi connectivity index (χ1) is 17.0. The average molecular weight is 490 g/mol. The predicted octanol–water partition coefficient (Wildman–Crippen LogP) is 6.53. The van der Waals surface area contributed by atoms with Crippen molar-refractivity contribution < 1.29 is 9.53 Å². The first kappa shape index (κ1) is 24.8. The van der Waals surface area contributed by atoms with E-state index in [0.29, 0.717) is 18.1 Å². The normalized spacial score (nSPS) is 12.0. The molecule has 3 aromatic carbocycles. The van der Waals surface area contributed by atoms with Gasteiger partial charge in [0.1, 0.15) is 11.6 Å². The molecule has 1 heterocycles. The van der Waals surface area contributed by atoms with Crippen LogP contribution in [-0.4, -0.2) is 22.1 Å². The highest BCUT2D eigenvalue weighted by molar-refractivity contribution is 6.30. The van der Waals surface area contributed by atoms with E-state index in [1.54, 1.807) is 12.1 Å². The van der Waals surface area contributed by atoms with Gasteiger partial charge >= 0.3 is 0 Å². The fourth-order valence-corrected chi connectivity index (χ4v) is 4.31. The van der Waals surface area contributed by atoms with Crippen LogP contribution in [0.3, 0.4) is 0 Å². The Morgan fingerprint density at radius 3 is 2.46 bits per heavy atom. The summed E-state index contributed by atoms with van der Waals surface area (Å²) < 4.78 is 8.14. The zero-order chi connectivity index (χ0) is 24.6. The summed E-state index contributed by atoms with van der Waals surface area (Å²) in [6.07, 6.45) is 3.21. The molecule has 0 aliphatic rings. The number of carbonyl (C=O) groups is 1. The standard InChI is InChI=1S/C29H32ClN3O2/c1-3-22-12-16-25(17-13-22)35-19-7-6-18-33-27-9-5-4-8-26(27)32-29(33)21(2)31-28(34)20-23-10-14-24(30)15-11-23/h4-5,8-17,21H,3,6-7,18-20H2,1-2H3,(H,31,34). The second kappa shape index (κ2) is 11.9. The van der Waals surface area contributed by atoms with Gasteiger partial charge in [0.2, 0.25) is 5.91 Å². The molecular formula is C29H32ClN3O2. The van der Waals surface area contributed by atoms with Crippen LogP contribution < -0.4 is 10.1 Å². The van der Waals surface area contributed by atoms with E-state index >= 15 is 0 Å². The van der Waals surface area contributed by atoms with E-state index in [1.165, 1.54) is 5.56 Å². The third-order valence-electron chi connectivity index (χ3n) is 6.10. The van der Waals surface area contributed by atoms with Crippen LogP contribution in [0.5, 0.6) is 5.75 Å². The number of carbonyl (C=O) groups excluding carboxylic acids is 1. The molecule has 0 fully saturated rings. The Morgan fingerprint density at radius 1 is 1.00 bits per heavy atom. The van der Waals surface area contributed by atoms with E-state index < -0.39 is 0 Å². The van der Waals surface area contributed by atoms with Crippen LogP contribution >= 0.6 is 11.6 Å². The summed E-state index contributed by atoms with van der Waals surface area (Å²) in [5.74, 6) is 1.74. The van der Waals surface area contributed by atoms with Gasteiger partial charge < -0.3 is 14.6 Å². The van der Waals surface area contributed by atoms with Crippen molar-refractivity contribution in [2.45, 2.75) is 52.1 Å². The van der Waals surface area contributed by atoms with Crippen LogP contribution in [0.2, 0.25) is 5.02 Å². The van der Waals surface area contributed by atoms with Crippen molar-refractivity contribution >= 4 is 28.5 Å². The number of para-hydroxylation sites is 2. The van der Waals surface area contributed by atoms with Gasteiger partial charge in [0.15, 0.2) is 0 Å². The van der Waals surface area contributed by atoms with Crippen molar-refractivity contribution in [1.82, 2.24) is 14.9 Å². The third-order valence-corrected chi connectivity index (χ3v) is 6.36. The molecule has 4 aromatic rings. The van der Waals surface area contributed by atoms with Gasteiger partial charge in [0.05, 0.1) is 30.1 Å². The van der Waals surface area contributed by atoms with E-state index in [2.05, 4.69) is 35.0 Å². The number of nitrogens with zero attached hydrogens (tertiary/aromatic N) is 2. The van der Waals surface area contributed by atoms with Crippen LogP contribution in [0, 0.1) is 0 Å². The van der Waals surface area contributed by atoms with Gasteiger partial charge in [-0.25, -0.2) is 4.98 Å². The number of fused-ring (bicyclic) bond motifs is 1. The third kappa shape index (κ3) is 6.64. The highest BCUT2D eigenvalue weighted by Gasteiger charge is 2.18. The molecule has 5 nitrogen and oxygen atoms in total. The summed E-state index contributed by atoms with van der Waals surface area (Å²) in [7, 11) is 0. The molecule has 1 unspecified atom stereocenters. The highest BCUT2D eigenvalue weighted by atomic mass is 35.5. The van der Waals surface area contributed by atoms with Crippen LogP contribution in [-0.2, 0) is 24.2 Å². The molecule has 1 atom stereocenters. The fraction of sp³-hybridized carbons (Fsp3) is 0.310. The fourth-order valence-electron chi connectivity index (χ4n) is 4.19. The van der Waals surface area contributed by atoms with Crippen molar-refractivity contribution in [3.8, 4) is 5.75 Å². The number of hydrogen-bond acceptors (Lipinski definition) is 3. The number of nitrogens with one attached hydrogen (secondary N) is 1. The van der Waals surface area contributed by atoms with Gasteiger partial charge in [-0.3, -0.25) is 4.79 Å².